The molecule has 1 saturated heterocycles. The van der Waals surface area contributed by atoms with E-state index in [-0.39, 0.29) is 0 Å². The third kappa shape index (κ3) is 3.74. The summed E-state index contributed by atoms with van der Waals surface area (Å²) >= 11 is 0. The summed E-state index contributed by atoms with van der Waals surface area (Å²) < 4.78 is 5.32. The molecule has 0 spiro atoms. The molecule has 1 atom stereocenters. The zero-order valence-electron chi connectivity index (χ0n) is 12.5. The number of anilines is 1. The first-order valence-electron chi connectivity index (χ1n) is 7.92. The van der Waals surface area contributed by atoms with Crippen LogP contribution in [0.5, 0.6) is 0 Å². The van der Waals surface area contributed by atoms with Crippen molar-refractivity contribution in [2.75, 3.05) is 32.1 Å². The van der Waals surface area contributed by atoms with E-state index in [1.807, 2.05) is 0 Å². The molecular weight excluding hydrogens is 248 g/mol. The Hall–Kier alpha value is -1.06. The Morgan fingerprint density at radius 2 is 1.90 bits per heavy atom. The Bertz CT molecular complexity index is 408. The van der Waals surface area contributed by atoms with Crippen LogP contribution in [-0.2, 0) is 11.3 Å². The zero-order chi connectivity index (χ0) is 13.8. The minimum Gasteiger partial charge on any atom is -0.383 e. The fraction of sp³-hybridized carbons (Fsp3) is 0.647. The molecule has 1 aliphatic carbocycles. The lowest BCUT2D eigenvalue weighted by atomic mass is 10.1. The van der Waals surface area contributed by atoms with Crippen LogP contribution in [0.1, 0.15) is 31.2 Å². The largest absolute Gasteiger partial charge is 0.383 e. The standard InChI is InChI=1S/C17H26N2O/c1-20-13-17(15-6-7-15)18-16-8-4-14(5-9-16)12-19-10-2-3-11-19/h4-5,8-9,15,17-18H,2-3,6-7,10-13H2,1H3. The van der Waals surface area contributed by atoms with Gasteiger partial charge in [-0.05, 0) is 62.4 Å². The molecule has 20 heavy (non-hydrogen) atoms. The van der Waals surface area contributed by atoms with Crippen molar-refractivity contribution in [2.24, 2.45) is 5.92 Å². The molecule has 1 aliphatic heterocycles. The number of ether oxygens (including phenoxy) is 1. The first kappa shape index (κ1) is 13.9. The van der Waals surface area contributed by atoms with Crippen molar-refractivity contribution < 1.29 is 4.74 Å². The maximum Gasteiger partial charge on any atom is 0.0666 e. The van der Waals surface area contributed by atoms with E-state index in [1.54, 1.807) is 7.11 Å². The van der Waals surface area contributed by atoms with Crippen molar-refractivity contribution in [1.29, 1.82) is 0 Å². The highest BCUT2D eigenvalue weighted by molar-refractivity contribution is 5.45. The summed E-state index contributed by atoms with van der Waals surface area (Å²) in [6.07, 6.45) is 5.40. The Morgan fingerprint density at radius 1 is 1.20 bits per heavy atom. The van der Waals surface area contributed by atoms with Crippen LogP contribution >= 0.6 is 0 Å². The highest BCUT2D eigenvalue weighted by Gasteiger charge is 2.31. The van der Waals surface area contributed by atoms with Crippen molar-refractivity contribution in [3.8, 4) is 0 Å². The zero-order valence-corrected chi connectivity index (χ0v) is 12.5. The van der Waals surface area contributed by atoms with E-state index in [0.717, 1.165) is 19.1 Å². The van der Waals surface area contributed by atoms with Crippen LogP contribution in [0.4, 0.5) is 5.69 Å². The van der Waals surface area contributed by atoms with Crippen LogP contribution in [0.3, 0.4) is 0 Å². The topological polar surface area (TPSA) is 24.5 Å². The lowest BCUT2D eigenvalue weighted by Crippen LogP contribution is -2.27. The molecule has 0 radical (unpaired) electrons. The molecule has 1 heterocycles. The maximum atomic E-state index is 5.32. The van der Waals surface area contributed by atoms with Gasteiger partial charge in [-0.1, -0.05) is 12.1 Å². The second kappa shape index (κ2) is 6.59. The molecule has 1 saturated carbocycles. The fourth-order valence-corrected chi connectivity index (χ4v) is 3.09. The molecule has 3 heteroatoms. The van der Waals surface area contributed by atoms with E-state index in [2.05, 4.69) is 34.5 Å². The van der Waals surface area contributed by atoms with E-state index >= 15 is 0 Å². The monoisotopic (exact) mass is 274 g/mol. The quantitative estimate of drug-likeness (QED) is 0.827. The number of benzene rings is 1. The lowest BCUT2D eigenvalue weighted by Gasteiger charge is -2.19. The minimum atomic E-state index is 0.476. The van der Waals surface area contributed by atoms with Crippen LogP contribution in [0.15, 0.2) is 24.3 Å². The van der Waals surface area contributed by atoms with Crippen molar-refractivity contribution in [3.63, 3.8) is 0 Å². The van der Waals surface area contributed by atoms with Gasteiger partial charge in [-0.15, -0.1) is 0 Å². The van der Waals surface area contributed by atoms with E-state index in [4.69, 9.17) is 4.74 Å². The summed E-state index contributed by atoms with van der Waals surface area (Å²) in [7, 11) is 1.79. The Kier molecular flexibility index (Phi) is 4.58. The van der Waals surface area contributed by atoms with Gasteiger partial charge in [-0.25, -0.2) is 0 Å². The molecule has 0 aromatic heterocycles. The predicted molar refractivity (Wildman–Crippen MR) is 83.0 cm³/mol. The number of hydrogen-bond donors (Lipinski definition) is 1. The molecule has 2 aliphatic rings. The van der Waals surface area contributed by atoms with Gasteiger partial charge in [0.2, 0.25) is 0 Å². The van der Waals surface area contributed by atoms with Crippen molar-refractivity contribution in [3.05, 3.63) is 29.8 Å². The van der Waals surface area contributed by atoms with Gasteiger partial charge in [-0.2, -0.15) is 0 Å². The summed E-state index contributed by atoms with van der Waals surface area (Å²) in [6, 6.07) is 9.44. The average molecular weight is 274 g/mol. The highest BCUT2D eigenvalue weighted by Crippen LogP contribution is 2.34. The second-order valence-electron chi connectivity index (χ2n) is 6.22. The Labute approximate surface area is 122 Å². The van der Waals surface area contributed by atoms with E-state index in [9.17, 15) is 0 Å². The van der Waals surface area contributed by atoms with Gasteiger partial charge in [0, 0.05) is 19.3 Å². The fourth-order valence-electron chi connectivity index (χ4n) is 3.09. The van der Waals surface area contributed by atoms with Crippen molar-refractivity contribution >= 4 is 5.69 Å². The van der Waals surface area contributed by atoms with E-state index in [0.29, 0.717) is 6.04 Å². The van der Waals surface area contributed by atoms with Crippen LogP contribution < -0.4 is 5.32 Å². The predicted octanol–water partition coefficient (Wildman–Crippen LogP) is 3.12. The summed E-state index contributed by atoms with van der Waals surface area (Å²) in [4.78, 5) is 2.54. The highest BCUT2D eigenvalue weighted by atomic mass is 16.5. The minimum absolute atomic E-state index is 0.476. The maximum absolute atomic E-state index is 5.32. The molecule has 1 aromatic carbocycles. The average Bonchev–Trinajstić information content (AvgIpc) is 3.19. The molecule has 3 rings (SSSR count). The summed E-state index contributed by atoms with van der Waals surface area (Å²) in [6.45, 7) is 4.43. The van der Waals surface area contributed by atoms with Crippen molar-refractivity contribution in [1.82, 2.24) is 4.90 Å². The van der Waals surface area contributed by atoms with Gasteiger partial charge in [-0.3, -0.25) is 4.90 Å². The van der Waals surface area contributed by atoms with Crippen LogP contribution in [0.2, 0.25) is 0 Å². The Morgan fingerprint density at radius 3 is 2.50 bits per heavy atom. The molecule has 1 aromatic rings. The van der Waals surface area contributed by atoms with Crippen molar-refractivity contribution in [2.45, 2.75) is 38.3 Å². The summed E-state index contributed by atoms with van der Waals surface area (Å²) in [5.74, 6) is 0.805. The molecule has 3 nitrogen and oxygen atoms in total. The van der Waals surface area contributed by atoms with Gasteiger partial charge in [0.15, 0.2) is 0 Å². The third-order valence-corrected chi connectivity index (χ3v) is 4.45. The third-order valence-electron chi connectivity index (χ3n) is 4.45. The molecule has 0 amide bonds. The molecule has 2 fully saturated rings. The second-order valence-corrected chi connectivity index (χ2v) is 6.22. The van der Waals surface area contributed by atoms with Crippen LogP contribution in [0.25, 0.3) is 0 Å². The number of nitrogens with zero attached hydrogens (tertiary/aromatic N) is 1. The number of nitrogens with one attached hydrogen (secondary N) is 1. The van der Waals surface area contributed by atoms with Gasteiger partial charge in [0.05, 0.1) is 12.6 Å². The van der Waals surface area contributed by atoms with Gasteiger partial charge >= 0.3 is 0 Å². The number of rotatable bonds is 7. The van der Waals surface area contributed by atoms with E-state index < -0.39 is 0 Å². The van der Waals surface area contributed by atoms with E-state index in [1.165, 1.54) is 50.0 Å². The first-order chi connectivity index (χ1) is 9.85. The molecular formula is C17H26N2O. The molecule has 0 bridgehead atoms. The van der Waals surface area contributed by atoms with Crippen LogP contribution in [0, 0.1) is 5.92 Å². The normalized spacial score (nSPS) is 21.1. The summed E-state index contributed by atoms with van der Waals surface area (Å²) in [5.41, 5.74) is 2.65. The lowest BCUT2D eigenvalue weighted by molar-refractivity contribution is 0.179. The van der Waals surface area contributed by atoms with Crippen LogP contribution in [-0.4, -0.2) is 37.7 Å². The number of hydrogen-bond acceptors (Lipinski definition) is 3. The number of likely N-dealkylation sites (tertiary alicyclic amines) is 1. The van der Waals surface area contributed by atoms with Gasteiger partial charge < -0.3 is 10.1 Å². The molecule has 1 unspecified atom stereocenters. The summed E-state index contributed by atoms with van der Waals surface area (Å²) in [5, 5.41) is 3.62. The first-order valence-corrected chi connectivity index (χ1v) is 7.92. The smallest absolute Gasteiger partial charge is 0.0666 e. The molecule has 1 N–H and O–H groups in total. The SMILES string of the molecule is COCC(Nc1ccc(CN2CCCC2)cc1)C1CC1. The number of methoxy groups -OCH3 is 1. The Balaban J connectivity index is 1.54. The molecule has 110 valence electrons. The van der Waals surface area contributed by atoms with Gasteiger partial charge in [0.25, 0.3) is 0 Å². The van der Waals surface area contributed by atoms with Gasteiger partial charge in [0.1, 0.15) is 0 Å².